The third-order valence-electron chi connectivity index (χ3n) is 3.08. The zero-order valence-corrected chi connectivity index (χ0v) is 11.2. The van der Waals surface area contributed by atoms with Crippen LogP contribution in [0.4, 0.5) is 5.69 Å². The maximum Gasteiger partial charge on any atom is 0.123 e. The molecule has 18 heavy (non-hydrogen) atoms. The van der Waals surface area contributed by atoms with Crippen molar-refractivity contribution in [1.29, 1.82) is 0 Å². The van der Waals surface area contributed by atoms with Gasteiger partial charge in [-0.05, 0) is 37.6 Å². The monoisotopic (exact) mass is 244 g/mol. The Morgan fingerprint density at radius 3 is 2.44 bits per heavy atom. The molecule has 3 heteroatoms. The fraction of sp³-hybridized carbons (Fsp3) is 0.333. The van der Waals surface area contributed by atoms with Crippen molar-refractivity contribution in [3.8, 4) is 0 Å². The number of hydrogen-bond acceptors (Lipinski definition) is 3. The van der Waals surface area contributed by atoms with Crippen LogP contribution in [0, 0.1) is 13.8 Å². The number of nitrogens with two attached hydrogens (primary N) is 1. The summed E-state index contributed by atoms with van der Waals surface area (Å²) < 4.78 is 5.62. The number of furan rings is 1. The molecule has 0 aliphatic carbocycles. The molecular formula is C15H20N2O. The molecule has 0 fully saturated rings. The van der Waals surface area contributed by atoms with Gasteiger partial charge in [0.1, 0.15) is 11.5 Å². The van der Waals surface area contributed by atoms with Crippen LogP contribution in [0.1, 0.15) is 22.6 Å². The van der Waals surface area contributed by atoms with Crippen LogP contribution in [-0.2, 0) is 13.1 Å². The van der Waals surface area contributed by atoms with Gasteiger partial charge in [-0.1, -0.05) is 17.7 Å². The molecule has 0 saturated carbocycles. The lowest BCUT2D eigenvalue weighted by Crippen LogP contribution is -2.17. The average molecular weight is 244 g/mol. The topological polar surface area (TPSA) is 42.4 Å². The second kappa shape index (κ2) is 5.27. The first-order chi connectivity index (χ1) is 8.60. The molecule has 2 N–H and O–H groups in total. The molecule has 0 saturated heterocycles. The number of rotatable bonds is 4. The molecule has 3 nitrogen and oxygen atoms in total. The Labute approximate surface area is 108 Å². The molecule has 0 amide bonds. The van der Waals surface area contributed by atoms with Crippen LogP contribution in [-0.4, -0.2) is 7.05 Å². The summed E-state index contributed by atoms with van der Waals surface area (Å²) in [6.07, 6.45) is 0. The van der Waals surface area contributed by atoms with Gasteiger partial charge in [-0.3, -0.25) is 0 Å². The van der Waals surface area contributed by atoms with E-state index in [1.807, 2.05) is 12.1 Å². The Morgan fingerprint density at radius 2 is 1.83 bits per heavy atom. The molecule has 2 aromatic rings. The Kier molecular flexibility index (Phi) is 3.72. The quantitative estimate of drug-likeness (QED) is 0.899. The van der Waals surface area contributed by atoms with E-state index in [9.17, 15) is 0 Å². The molecule has 0 spiro atoms. The van der Waals surface area contributed by atoms with Crippen molar-refractivity contribution in [2.75, 3.05) is 11.9 Å². The summed E-state index contributed by atoms with van der Waals surface area (Å²) >= 11 is 0. The molecule has 96 valence electrons. The van der Waals surface area contributed by atoms with Crippen molar-refractivity contribution in [2.45, 2.75) is 26.9 Å². The van der Waals surface area contributed by atoms with Gasteiger partial charge >= 0.3 is 0 Å². The lowest BCUT2D eigenvalue weighted by atomic mass is 10.1. The number of aryl methyl sites for hydroxylation is 2. The Bertz CT molecular complexity index is 531. The van der Waals surface area contributed by atoms with E-state index in [-0.39, 0.29) is 0 Å². The van der Waals surface area contributed by atoms with E-state index in [2.05, 4.69) is 44.0 Å². The Morgan fingerprint density at radius 1 is 1.11 bits per heavy atom. The largest absolute Gasteiger partial charge is 0.463 e. The molecule has 0 unspecified atom stereocenters. The van der Waals surface area contributed by atoms with E-state index < -0.39 is 0 Å². The minimum atomic E-state index is 0.452. The first kappa shape index (κ1) is 12.7. The van der Waals surface area contributed by atoms with E-state index in [0.717, 1.165) is 18.1 Å². The first-order valence-electron chi connectivity index (χ1n) is 6.16. The fourth-order valence-electron chi connectivity index (χ4n) is 2.17. The van der Waals surface area contributed by atoms with Crippen molar-refractivity contribution >= 4 is 5.69 Å². The molecule has 0 aliphatic heterocycles. The summed E-state index contributed by atoms with van der Waals surface area (Å²) in [5.74, 6) is 1.77. The summed E-state index contributed by atoms with van der Waals surface area (Å²) in [6, 6.07) is 10.4. The minimum absolute atomic E-state index is 0.452. The summed E-state index contributed by atoms with van der Waals surface area (Å²) in [6.45, 7) is 5.44. The van der Waals surface area contributed by atoms with Crippen LogP contribution >= 0.6 is 0 Å². The summed E-state index contributed by atoms with van der Waals surface area (Å²) in [4.78, 5) is 2.19. The van der Waals surface area contributed by atoms with Crippen molar-refractivity contribution in [1.82, 2.24) is 0 Å². The van der Waals surface area contributed by atoms with E-state index in [1.165, 1.54) is 16.8 Å². The zero-order chi connectivity index (χ0) is 13.1. The van der Waals surface area contributed by atoms with Crippen LogP contribution in [0.15, 0.2) is 34.7 Å². The smallest absolute Gasteiger partial charge is 0.123 e. The molecule has 0 radical (unpaired) electrons. The van der Waals surface area contributed by atoms with Crippen LogP contribution in [0.3, 0.4) is 0 Å². The van der Waals surface area contributed by atoms with Crippen LogP contribution in [0.2, 0.25) is 0 Å². The van der Waals surface area contributed by atoms with E-state index >= 15 is 0 Å². The maximum absolute atomic E-state index is 5.62. The number of hydrogen-bond donors (Lipinski definition) is 1. The highest BCUT2D eigenvalue weighted by Crippen LogP contribution is 2.22. The van der Waals surface area contributed by atoms with Crippen molar-refractivity contribution in [3.05, 3.63) is 53.0 Å². The van der Waals surface area contributed by atoms with Gasteiger partial charge in [0, 0.05) is 12.7 Å². The highest BCUT2D eigenvalue weighted by molar-refractivity contribution is 5.53. The van der Waals surface area contributed by atoms with Crippen molar-refractivity contribution < 1.29 is 4.42 Å². The van der Waals surface area contributed by atoms with Gasteiger partial charge in [0.05, 0.1) is 13.1 Å². The highest BCUT2D eigenvalue weighted by atomic mass is 16.3. The van der Waals surface area contributed by atoms with Gasteiger partial charge in [-0.15, -0.1) is 0 Å². The van der Waals surface area contributed by atoms with E-state index in [0.29, 0.717) is 6.54 Å². The molecule has 1 heterocycles. The van der Waals surface area contributed by atoms with Gasteiger partial charge < -0.3 is 15.1 Å². The van der Waals surface area contributed by atoms with Crippen molar-refractivity contribution in [3.63, 3.8) is 0 Å². The maximum atomic E-state index is 5.62. The van der Waals surface area contributed by atoms with Gasteiger partial charge in [0.15, 0.2) is 0 Å². The number of nitrogens with zero attached hydrogens (tertiary/aromatic N) is 1. The molecule has 0 bridgehead atoms. The Balaban J connectivity index is 2.13. The van der Waals surface area contributed by atoms with Gasteiger partial charge in [-0.25, -0.2) is 0 Å². The summed E-state index contributed by atoms with van der Waals surface area (Å²) in [7, 11) is 2.07. The third-order valence-corrected chi connectivity index (χ3v) is 3.08. The molecular weight excluding hydrogens is 224 g/mol. The van der Waals surface area contributed by atoms with Crippen molar-refractivity contribution in [2.24, 2.45) is 5.73 Å². The Hall–Kier alpha value is -1.74. The third kappa shape index (κ3) is 2.74. The molecule has 1 aromatic carbocycles. The number of anilines is 1. The SMILES string of the molecule is Cc1ccc(N(C)Cc2ccc(CN)o2)c(C)c1. The lowest BCUT2D eigenvalue weighted by Gasteiger charge is -2.20. The second-order valence-corrected chi connectivity index (χ2v) is 4.72. The van der Waals surface area contributed by atoms with Crippen LogP contribution in [0.25, 0.3) is 0 Å². The summed E-state index contributed by atoms with van der Waals surface area (Å²) in [5, 5.41) is 0. The summed E-state index contributed by atoms with van der Waals surface area (Å²) in [5.41, 5.74) is 9.33. The van der Waals surface area contributed by atoms with Gasteiger partial charge in [-0.2, -0.15) is 0 Å². The van der Waals surface area contributed by atoms with Crippen LogP contribution < -0.4 is 10.6 Å². The predicted molar refractivity (Wildman–Crippen MR) is 74.6 cm³/mol. The average Bonchev–Trinajstić information content (AvgIpc) is 2.76. The van der Waals surface area contributed by atoms with Gasteiger partial charge in [0.25, 0.3) is 0 Å². The zero-order valence-electron chi connectivity index (χ0n) is 11.2. The molecule has 0 atom stereocenters. The standard InChI is InChI=1S/C15H20N2O/c1-11-4-7-15(12(2)8-11)17(3)10-14-6-5-13(9-16)18-14/h4-8H,9-10,16H2,1-3H3. The second-order valence-electron chi connectivity index (χ2n) is 4.72. The van der Waals surface area contributed by atoms with E-state index in [4.69, 9.17) is 10.2 Å². The number of benzene rings is 1. The minimum Gasteiger partial charge on any atom is -0.463 e. The molecule has 2 rings (SSSR count). The highest BCUT2D eigenvalue weighted by Gasteiger charge is 2.08. The molecule has 1 aromatic heterocycles. The lowest BCUT2D eigenvalue weighted by molar-refractivity contribution is 0.465. The molecule has 0 aliphatic rings. The van der Waals surface area contributed by atoms with Gasteiger partial charge in [0.2, 0.25) is 0 Å². The first-order valence-corrected chi connectivity index (χ1v) is 6.16. The predicted octanol–water partition coefficient (Wildman–Crippen LogP) is 2.99. The normalized spacial score (nSPS) is 10.7. The van der Waals surface area contributed by atoms with Crippen LogP contribution in [0.5, 0.6) is 0 Å². The van der Waals surface area contributed by atoms with E-state index in [1.54, 1.807) is 0 Å². The fourth-order valence-corrected chi connectivity index (χ4v) is 2.17.